The van der Waals surface area contributed by atoms with Crippen molar-refractivity contribution in [3.63, 3.8) is 0 Å². The highest BCUT2D eigenvalue weighted by atomic mass is 32.2. The summed E-state index contributed by atoms with van der Waals surface area (Å²) in [7, 11) is -3.58. The van der Waals surface area contributed by atoms with E-state index in [-0.39, 0.29) is 5.92 Å². The second kappa shape index (κ2) is 4.06. The fourth-order valence-corrected chi connectivity index (χ4v) is 3.21. The summed E-state index contributed by atoms with van der Waals surface area (Å²) in [6.45, 7) is 3.64. The van der Waals surface area contributed by atoms with E-state index in [1.165, 1.54) is 0 Å². The van der Waals surface area contributed by atoms with Crippen LogP contribution in [0.3, 0.4) is 0 Å². The van der Waals surface area contributed by atoms with Gasteiger partial charge in [-0.1, -0.05) is 19.1 Å². The van der Waals surface area contributed by atoms with E-state index < -0.39 is 26.2 Å². The highest BCUT2D eigenvalue weighted by molar-refractivity contribution is 7.91. The van der Waals surface area contributed by atoms with Crippen LogP contribution in [0, 0.1) is 5.92 Å². The molecule has 0 radical (unpaired) electrons. The standard InChI is InChI=1S/C12H20N2O3S/c1-3-4-5-9-8-12(9,13)10(15)14-18(16,17)11(2)6-7-11/h4-5,9H,3,6-8,13H2,1-2H3,(H,14,15). The summed E-state index contributed by atoms with van der Waals surface area (Å²) in [5.74, 6) is -0.610. The second-order valence-corrected chi connectivity index (χ2v) is 7.77. The van der Waals surface area contributed by atoms with Crippen LogP contribution in [0.1, 0.15) is 39.5 Å². The summed E-state index contributed by atoms with van der Waals surface area (Å²) < 4.78 is 25.2. The smallest absolute Gasteiger partial charge is 0.254 e. The molecule has 18 heavy (non-hydrogen) atoms. The lowest BCUT2D eigenvalue weighted by atomic mass is 10.2. The van der Waals surface area contributed by atoms with Crippen LogP contribution in [0.5, 0.6) is 0 Å². The van der Waals surface area contributed by atoms with E-state index in [1.54, 1.807) is 6.92 Å². The molecular formula is C12H20N2O3S. The summed E-state index contributed by atoms with van der Waals surface area (Å²) in [5, 5.41) is 0. The Morgan fingerprint density at radius 3 is 2.61 bits per heavy atom. The molecular weight excluding hydrogens is 252 g/mol. The van der Waals surface area contributed by atoms with Crippen LogP contribution in [0.15, 0.2) is 12.2 Å². The molecule has 0 spiro atoms. The minimum absolute atomic E-state index is 0.0420. The van der Waals surface area contributed by atoms with Crippen molar-refractivity contribution >= 4 is 15.9 Å². The van der Waals surface area contributed by atoms with E-state index in [4.69, 9.17) is 5.73 Å². The number of allylic oxidation sites excluding steroid dienone is 1. The third kappa shape index (κ3) is 2.19. The van der Waals surface area contributed by atoms with E-state index in [9.17, 15) is 13.2 Å². The zero-order valence-electron chi connectivity index (χ0n) is 10.8. The maximum absolute atomic E-state index is 11.9. The third-order valence-electron chi connectivity index (χ3n) is 3.92. The predicted octanol–water partition coefficient (Wildman–Crippen LogP) is 0.669. The van der Waals surface area contributed by atoms with E-state index in [0.717, 1.165) is 6.42 Å². The minimum Gasteiger partial charge on any atom is -0.317 e. The lowest BCUT2D eigenvalue weighted by Crippen LogP contribution is -2.49. The number of amides is 1. The number of rotatable bonds is 5. The van der Waals surface area contributed by atoms with E-state index in [2.05, 4.69) is 4.72 Å². The van der Waals surface area contributed by atoms with Crippen molar-refractivity contribution in [2.45, 2.75) is 49.8 Å². The first-order valence-corrected chi connectivity index (χ1v) is 7.76. The number of nitrogens with one attached hydrogen (secondary N) is 1. The van der Waals surface area contributed by atoms with Crippen molar-refractivity contribution in [2.75, 3.05) is 0 Å². The molecule has 0 bridgehead atoms. The van der Waals surface area contributed by atoms with Crippen molar-refractivity contribution in [3.05, 3.63) is 12.2 Å². The fraction of sp³-hybridized carbons (Fsp3) is 0.750. The van der Waals surface area contributed by atoms with Gasteiger partial charge in [0.15, 0.2) is 0 Å². The number of hydrogen-bond donors (Lipinski definition) is 2. The molecule has 6 heteroatoms. The molecule has 5 nitrogen and oxygen atoms in total. The van der Waals surface area contributed by atoms with E-state index in [1.807, 2.05) is 19.1 Å². The average molecular weight is 272 g/mol. The first-order chi connectivity index (χ1) is 8.25. The van der Waals surface area contributed by atoms with Gasteiger partial charge in [0, 0.05) is 5.92 Å². The van der Waals surface area contributed by atoms with Gasteiger partial charge in [-0.05, 0) is 32.6 Å². The number of nitrogens with two attached hydrogens (primary N) is 1. The van der Waals surface area contributed by atoms with Gasteiger partial charge in [-0.3, -0.25) is 9.52 Å². The van der Waals surface area contributed by atoms with Crippen molar-refractivity contribution in [2.24, 2.45) is 11.7 Å². The molecule has 102 valence electrons. The summed E-state index contributed by atoms with van der Waals surface area (Å²) in [4.78, 5) is 11.9. The lowest BCUT2D eigenvalue weighted by molar-refractivity contribution is -0.121. The van der Waals surface area contributed by atoms with E-state index in [0.29, 0.717) is 19.3 Å². The summed E-state index contributed by atoms with van der Waals surface area (Å²) in [6, 6.07) is 0. The molecule has 2 rings (SSSR count). The van der Waals surface area contributed by atoms with Gasteiger partial charge in [-0.15, -0.1) is 0 Å². The molecule has 0 saturated heterocycles. The van der Waals surface area contributed by atoms with Crippen molar-refractivity contribution in [1.82, 2.24) is 4.72 Å². The lowest BCUT2D eigenvalue weighted by Gasteiger charge is -2.15. The van der Waals surface area contributed by atoms with Crippen LogP contribution < -0.4 is 10.5 Å². The Labute approximate surface area is 108 Å². The van der Waals surface area contributed by atoms with Crippen LogP contribution in [0.4, 0.5) is 0 Å². The Morgan fingerprint density at radius 1 is 1.50 bits per heavy atom. The molecule has 2 atom stereocenters. The van der Waals surface area contributed by atoms with Crippen LogP contribution in [-0.2, 0) is 14.8 Å². The van der Waals surface area contributed by atoms with E-state index >= 15 is 0 Å². The molecule has 0 aromatic rings. The Hall–Kier alpha value is -0.880. The maximum atomic E-state index is 11.9. The third-order valence-corrected chi connectivity index (χ3v) is 6.08. The van der Waals surface area contributed by atoms with Crippen molar-refractivity contribution < 1.29 is 13.2 Å². The molecule has 0 aromatic heterocycles. The molecule has 0 aliphatic heterocycles. The van der Waals surface area contributed by atoms with Gasteiger partial charge in [-0.25, -0.2) is 8.42 Å². The van der Waals surface area contributed by atoms with Gasteiger partial charge in [-0.2, -0.15) is 0 Å². The topological polar surface area (TPSA) is 89.3 Å². The molecule has 3 N–H and O–H groups in total. The van der Waals surface area contributed by atoms with Crippen LogP contribution in [0.2, 0.25) is 0 Å². The molecule has 1 amide bonds. The zero-order chi connectivity index (χ0) is 13.6. The van der Waals surface area contributed by atoms with Gasteiger partial charge in [0.25, 0.3) is 5.91 Å². The molecule has 2 unspecified atom stereocenters. The Kier molecular flexibility index (Phi) is 3.06. The summed E-state index contributed by atoms with van der Waals surface area (Å²) in [5.41, 5.74) is 4.88. The highest BCUT2D eigenvalue weighted by Crippen LogP contribution is 2.45. The number of hydrogen-bond acceptors (Lipinski definition) is 4. The summed E-state index contributed by atoms with van der Waals surface area (Å²) >= 11 is 0. The average Bonchev–Trinajstić information content (AvgIpc) is 3.15. The van der Waals surface area contributed by atoms with Crippen molar-refractivity contribution in [3.8, 4) is 0 Å². The second-order valence-electron chi connectivity index (χ2n) is 5.57. The first-order valence-electron chi connectivity index (χ1n) is 6.27. The predicted molar refractivity (Wildman–Crippen MR) is 69.2 cm³/mol. The Morgan fingerprint density at radius 2 is 2.11 bits per heavy atom. The Bertz CT molecular complexity index is 493. The zero-order valence-corrected chi connectivity index (χ0v) is 11.6. The largest absolute Gasteiger partial charge is 0.317 e. The molecule has 2 fully saturated rings. The normalized spacial score (nSPS) is 33.4. The molecule has 0 heterocycles. The number of sulfonamides is 1. The Balaban J connectivity index is 2.00. The quantitative estimate of drug-likeness (QED) is 0.720. The van der Waals surface area contributed by atoms with Gasteiger partial charge >= 0.3 is 0 Å². The molecule has 2 aliphatic rings. The van der Waals surface area contributed by atoms with Gasteiger partial charge in [0.2, 0.25) is 10.0 Å². The number of carbonyl (C=O) groups excluding carboxylic acids is 1. The van der Waals surface area contributed by atoms with Crippen LogP contribution in [-0.4, -0.2) is 24.6 Å². The molecule has 0 aromatic carbocycles. The van der Waals surface area contributed by atoms with Crippen LogP contribution >= 0.6 is 0 Å². The highest BCUT2D eigenvalue weighted by Gasteiger charge is 2.58. The monoisotopic (exact) mass is 272 g/mol. The summed E-state index contributed by atoms with van der Waals surface area (Å²) in [6.07, 6.45) is 6.44. The maximum Gasteiger partial charge on any atom is 0.254 e. The SMILES string of the molecule is CCC=CC1CC1(N)C(=O)NS(=O)(=O)C1(C)CC1. The van der Waals surface area contributed by atoms with Gasteiger partial charge < -0.3 is 5.73 Å². The van der Waals surface area contributed by atoms with Crippen LogP contribution in [0.25, 0.3) is 0 Å². The van der Waals surface area contributed by atoms with Gasteiger partial charge in [0.05, 0.1) is 4.75 Å². The number of carbonyl (C=O) groups is 1. The first kappa shape index (κ1) is 13.5. The minimum atomic E-state index is -3.58. The fourth-order valence-electron chi connectivity index (χ4n) is 1.89. The molecule has 2 aliphatic carbocycles. The van der Waals surface area contributed by atoms with Gasteiger partial charge in [0.1, 0.15) is 5.54 Å². The van der Waals surface area contributed by atoms with Crippen molar-refractivity contribution in [1.29, 1.82) is 0 Å². The molecule has 2 saturated carbocycles.